The smallest absolute Gasteiger partial charge is 0.314 e. The summed E-state index contributed by atoms with van der Waals surface area (Å²) in [7, 11) is 0. The van der Waals surface area contributed by atoms with E-state index in [1.807, 2.05) is 0 Å². The highest BCUT2D eigenvalue weighted by atomic mass is 127. The second-order valence-electron chi connectivity index (χ2n) is 5.07. The maximum atomic E-state index is 11.7. The van der Waals surface area contributed by atoms with Gasteiger partial charge in [-0.15, -0.1) is 11.3 Å². The van der Waals surface area contributed by atoms with Crippen molar-refractivity contribution in [3.8, 4) is 11.5 Å². The first-order valence-corrected chi connectivity index (χ1v) is 9.21. The second kappa shape index (κ2) is 8.97. The summed E-state index contributed by atoms with van der Waals surface area (Å²) in [4.78, 5) is 13.0. The fourth-order valence-corrected chi connectivity index (χ4v) is 3.86. The molecule has 2 aromatic rings. The van der Waals surface area contributed by atoms with Gasteiger partial charge in [0.05, 0.1) is 2.88 Å². The first-order valence-electron chi connectivity index (χ1n) is 7.31. The number of hydrogen-bond acceptors (Lipinski definition) is 4. The van der Waals surface area contributed by atoms with Crippen LogP contribution >= 0.6 is 33.9 Å². The molecule has 2 amide bonds. The molecule has 0 aliphatic heterocycles. The van der Waals surface area contributed by atoms with E-state index in [1.165, 1.54) is 19.9 Å². The van der Waals surface area contributed by atoms with Crippen LogP contribution in [-0.4, -0.2) is 29.3 Å². The van der Waals surface area contributed by atoms with Gasteiger partial charge in [0.15, 0.2) is 11.5 Å². The van der Waals surface area contributed by atoms with Gasteiger partial charge in [-0.05, 0) is 71.7 Å². The number of amides is 2. The molecular formula is C16H19IN2O3S. The second-order valence-corrected chi connectivity index (χ2v) is 8.13. The maximum Gasteiger partial charge on any atom is 0.314 e. The van der Waals surface area contributed by atoms with Crippen molar-refractivity contribution in [3.05, 3.63) is 43.7 Å². The molecule has 0 fully saturated rings. The minimum Gasteiger partial charge on any atom is -0.504 e. The molecule has 2 rings (SSSR count). The molecule has 0 radical (unpaired) electrons. The van der Waals surface area contributed by atoms with Crippen LogP contribution in [0.1, 0.15) is 16.9 Å². The van der Waals surface area contributed by atoms with Crippen molar-refractivity contribution in [1.29, 1.82) is 0 Å². The van der Waals surface area contributed by atoms with Crippen LogP contribution in [0.5, 0.6) is 11.5 Å². The Morgan fingerprint density at radius 1 is 1.04 bits per heavy atom. The van der Waals surface area contributed by atoms with Gasteiger partial charge in [0.2, 0.25) is 0 Å². The Morgan fingerprint density at radius 3 is 2.52 bits per heavy atom. The zero-order valence-electron chi connectivity index (χ0n) is 12.5. The van der Waals surface area contributed by atoms with Crippen LogP contribution in [0.3, 0.4) is 0 Å². The summed E-state index contributed by atoms with van der Waals surface area (Å²) >= 11 is 4.09. The average Bonchev–Trinajstić information content (AvgIpc) is 2.93. The van der Waals surface area contributed by atoms with Crippen LogP contribution in [0.2, 0.25) is 0 Å². The highest BCUT2D eigenvalue weighted by molar-refractivity contribution is 14.1. The number of carbonyl (C=O) groups is 1. The molecule has 0 aliphatic rings. The molecule has 1 heterocycles. The Morgan fingerprint density at radius 2 is 1.83 bits per heavy atom. The van der Waals surface area contributed by atoms with Gasteiger partial charge >= 0.3 is 6.03 Å². The molecule has 5 nitrogen and oxygen atoms in total. The number of benzene rings is 1. The molecule has 0 spiro atoms. The van der Waals surface area contributed by atoms with E-state index < -0.39 is 0 Å². The van der Waals surface area contributed by atoms with Gasteiger partial charge in [-0.1, -0.05) is 6.07 Å². The lowest BCUT2D eigenvalue weighted by Crippen LogP contribution is -2.37. The Labute approximate surface area is 152 Å². The molecule has 0 unspecified atom stereocenters. The minimum atomic E-state index is -0.186. The van der Waals surface area contributed by atoms with E-state index in [0.29, 0.717) is 19.5 Å². The SMILES string of the molecule is O=C(NCCCc1ccc(I)s1)NCCc1ccc(O)c(O)c1. The lowest BCUT2D eigenvalue weighted by molar-refractivity contribution is 0.241. The van der Waals surface area contributed by atoms with Crippen molar-refractivity contribution in [2.75, 3.05) is 13.1 Å². The molecule has 7 heteroatoms. The Kier molecular flexibility index (Phi) is 6.97. The number of aryl methyl sites for hydroxylation is 1. The maximum absolute atomic E-state index is 11.7. The molecular weight excluding hydrogens is 427 g/mol. The Bertz CT molecular complexity index is 661. The number of thiophene rings is 1. The van der Waals surface area contributed by atoms with Gasteiger partial charge < -0.3 is 20.8 Å². The number of nitrogens with one attached hydrogen (secondary N) is 2. The topological polar surface area (TPSA) is 81.6 Å². The van der Waals surface area contributed by atoms with Crippen LogP contribution in [-0.2, 0) is 12.8 Å². The van der Waals surface area contributed by atoms with E-state index >= 15 is 0 Å². The summed E-state index contributed by atoms with van der Waals surface area (Å²) in [5.41, 5.74) is 0.855. The quantitative estimate of drug-likeness (QED) is 0.300. The number of carbonyl (C=O) groups excluding carboxylic acids is 1. The molecule has 1 aromatic carbocycles. The third-order valence-electron chi connectivity index (χ3n) is 3.25. The molecule has 1 aromatic heterocycles. The normalized spacial score (nSPS) is 10.5. The van der Waals surface area contributed by atoms with Gasteiger partial charge in [0.1, 0.15) is 0 Å². The number of halogens is 1. The molecule has 0 bridgehead atoms. The third kappa shape index (κ3) is 6.26. The van der Waals surface area contributed by atoms with Crippen molar-refractivity contribution < 1.29 is 15.0 Å². The van der Waals surface area contributed by atoms with Crippen molar-refractivity contribution >= 4 is 40.0 Å². The minimum absolute atomic E-state index is 0.139. The van der Waals surface area contributed by atoms with E-state index in [4.69, 9.17) is 0 Å². The zero-order valence-corrected chi connectivity index (χ0v) is 15.5. The van der Waals surface area contributed by atoms with E-state index in [1.54, 1.807) is 17.4 Å². The molecule has 0 saturated heterocycles. The summed E-state index contributed by atoms with van der Waals surface area (Å²) in [6.07, 6.45) is 2.48. The van der Waals surface area contributed by atoms with Crippen LogP contribution in [0.4, 0.5) is 4.79 Å². The van der Waals surface area contributed by atoms with Crippen molar-refractivity contribution in [3.63, 3.8) is 0 Å². The molecule has 0 atom stereocenters. The van der Waals surface area contributed by atoms with Gasteiger partial charge in [-0.3, -0.25) is 0 Å². The molecule has 0 saturated carbocycles. The number of phenols is 2. The first-order chi connectivity index (χ1) is 11.0. The standard InChI is InChI=1S/C16H19IN2O3S/c17-15-6-4-12(23-15)2-1-8-18-16(22)19-9-7-11-3-5-13(20)14(21)10-11/h3-6,10,20-21H,1-2,7-9H2,(H2,18,19,22). The fourth-order valence-electron chi connectivity index (χ4n) is 2.06. The summed E-state index contributed by atoms with van der Waals surface area (Å²) < 4.78 is 1.28. The largest absolute Gasteiger partial charge is 0.504 e. The molecule has 4 N–H and O–H groups in total. The van der Waals surface area contributed by atoms with E-state index in [0.717, 1.165) is 18.4 Å². The highest BCUT2D eigenvalue weighted by Crippen LogP contribution is 2.24. The lowest BCUT2D eigenvalue weighted by Gasteiger charge is -2.08. The number of rotatable bonds is 7. The monoisotopic (exact) mass is 446 g/mol. The van der Waals surface area contributed by atoms with Crippen LogP contribution in [0, 0.1) is 2.88 Å². The van der Waals surface area contributed by atoms with E-state index in [2.05, 4.69) is 45.4 Å². The highest BCUT2D eigenvalue weighted by Gasteiger charge is 2.03. The fraction of sp³-hybridized carbons (Fsp3) is 0.312. The number of hydrogen-bond donors (Lipinski definition) is 4. The van der Waals surface area contributed by atoms with E-state index in [-0.39, 0.29) is 17.5 Å². The van der Waals surface area contributed by atoms with Crippen molar-refractivity contribution in [2.24, 2.45) is 0 Å². The summed E-state index contributed by atoms with van der Waals surface area (Å²) in [6, 6.07) is 8.69. The third-order valence-corrected chi connectivity index (χ3v) is 5.21. The average molecular weight is 446 g/mol. The summed E-state index contributed by atoms with van der Waals surface area (Å²) in [5.74, 6) is -0.282. The number of phenolic OH excluding ortho intramolecular Hbond substituents is 2. The van der Waals surface area contributed by atoms with Gasteiger partial charge in [0.25, 0.3) is 0 Å². The molecule has 0 aliphatic carbocycles. The summed E-state index contributed by atoms with van der Waals surface area (Å²) in [6.45, 7) is 1.11. The molecule has 23 heavy (non-hydrogen) atoms. The van der Waals surface area contributed by atoms with Crippen molar-refractivity contribution in [1.82, 2.24) is 10.6 Å². The zero-order chi connectivity index (χ0) is 16.7. The van der Waals surface area contributed by atoms with Crippen LogP contribution in [0.25, 0.3) is 0 Å². The number of aromatic hydroxyl groups is 2. The predicted molar refractivity (Wildman–Crippen MR) is 100 cm³/mol. The van der Waals surface area contributed by atoms with Gasteiger partial charge in [0, 0.05) is 18.0 Å². The van der Waals surface area contributed by atoms with Crippen LogP contribution in [0.15, 0.2) is 30.3 Å². The Hall–Kier alpha value is -1.48. The van der Waals surface area contributed by atoms with Gasteiger partial charge in [-0.25, -0.2) is 4.79 Å². The van der Waals surface area contributed by atoms with Crippen LogP contribution < -0.4 is 10.6 Å². The first kappa shape index (κ1) is 17.9. The summed E-state index contributed by atoms with van der Waals surface area (Å²) in [5, 5.41) is 24.2. The van der Waals surface area contributed by atoms with Gasteiger partial charge in [-0.2, -0.15) is 0 Å². The Balaban J connectivity index is 1.58. The lowest BCUT2D eigenvalue weighted by atomic mass is 10.1. The van der Waals surface area contributed by atoms with Crippen molar-refractivity contribution in [2.45, 2.75) is 19.3 Å². The predicted octanol–water partition coefficient (Wildman–Crippen LogP) is 3.24. The van der Waals surface area contributed by atoms with E-state index in [9.17, 15) is 15.0 Å². The molecule has 124 valence electrons. The number of urea groups is 1.